The van der Waals surface area contributed by atoms with Gasteiger partial charge in [-0.3, -0.25) is 4.57 Å². The summed E-state index contributed by atoms with van der Waals surface area (Å²) in [5, 5.41) is 3.28. The Hall–Kier alpha value is -2.18. The van der Waals surface area contributed by atoms with Gasteiger partial charge in [-0.15, -0.1) is 0 Å². The van der Waals surface area contributed by atoms with Crippen LogP contribution in [0.3, 0.4) is 0 Å². The molecular weight excluding hydrogens is 230 g/mol. The van der Waals surface area contributed by atoms with E-state index in [1.165, 1.54) is 0 Å². The fourth-order valence-corrected chi connectivity index (χ4v) is 2.14. The van der Waals surface area contributed by atoms with Crippen LogP contribution in [0.1, 0.15) is 19.8 Å². The molecule has 1 aliphatic carbocycles. The molecule has 18 heavy (non-hydrogen) atoms. The van der Waals surface area contributed by atoms with Crippen LogP contribution in [-0.4, -0.2) is 30.5 Å². The topological polar surface area (TPSA) is 94.5 Å². The first kappa shape index (κ1) is 10.9. The molecule has 94 valence electrons. The van der Waals surface area contributed by atoms with Crippen molar-refractivity contribution < 1.29 is 0 Å². The lowest BCUT2D eigenvalue weighted by molar-refractivity contribution is 0.308. The number of anilines is 2. The fraction of sp³-hybridized carbons (Fsp3) is 0.455. The van der Waals surface area contributed by atoms with Crippen molar-refractivity contribution >= 4 is 11.9 Å². The van der Waals surface area contributed by atoms with Crippen LogP contribution < -0.4 is 11.1 Å². The molecule has 1 saturated carbocycles. The van der Waals surface area contributed by atoms with Gasteiger partial charge in [0.1, 0.15) is 6.33 Å². The van der Waals surface area contributed by atoms with Gasteiger partial charge in [-0.2, -0.15) is 15.0 Å². The van der Waals surface area contributed by atoms with E-state index in [0.29, 0.717) is 17.9 Å². The molecule has 1 fully saturated rings. The van der Waals surface area contributed by atoms with Gasteiger partial charge >= 0.3 is 0 Å². The summed E-state index contributed by atoms with van der Waals surface area (Å²) in [6.45, 7) is 2.23. The number of hydrogen-bond acceptors (Lipinski definition) is 6. The third kappa shape index (κ3) is 2.11. The maximum absolute atomic E-state index is 5.69. The van der Waals surface area contributed by atoms with Crippen LogP contribution in [0.25, 0.3) is 5.95 Å². The Kier molecular flexibility index (Phi) is 2.58. The number of nitrogens with one attached hydrogen (secondary N) is 1. The highest BCUT2D eigenvalue weighted by molar-refractivity contribution is 5.36. The number of nitrogen functional groups attached to an aromatic ring is 1. The molecule has 2 aromatic heterocycles. The maximum Gasteiger partial charge on any atom is 0.241 e. The van der Waals surface area contributed by atoms with Crippen molar-refractivity contribution in [3.05, 3.63) is 18.7 Å². The van der Waals surface area contributed by atoms with Crippen molar-refractivity contribution in [2.75, 3.05) is 11.1 Å². The lowest BCUT2D eigenvalue weighted by Crippen LogP contribution is -2.34. The number of hydrogen-bond donors (Lipinski definition) is 2. The average molecular weight is 245 g/mol. The van der Waals surface area contributed by atoms with Crippen molar-refractivity contribution in [1.29, 1.82) is 0 Å². The van der Waals surface area contributed by atoms with Crippen LogP contribution in [0.2, 0.25) is 0 Å². The number of imidazole rings is 1. The molecule has 0 amide bonds. The van der Waals surface area contributed by atoms with Crippen molar-refractivity contribution in [1.82, 2.24) is 24.5 Å². The molecular formula is C11H15N7. The smallest absolute Gasteiger partial charge is 0.241 e. The van der Waals surface area contributed by atoms with Gasteiger partial charge in [0.25, 0.3) is 0 Å². The Labute approximate surface area is 104 Å². The summed E-state index contributed by atoms with van der Waals surface area (Å²) in [4.78, 5) is 16.5. The zero-order valence-electron chi connectivity index (χ0n) is 10.1. The average Bonchev–Trinajstić information content (AvgIpc) is 2.79. The predicted molar refractivity (Wildman–Crippen MR) is 67.2 cm³/mol. The minimum Gasteiger partial charge on any atom is -0.368 e. The van der Waals surface area contributed by atoms with Crippen LogP contribution in [-0.2, 0) is 0 Å². The summed E-state index contributed by atoms with van der Waals surface area (Å²) in [6.07, 6.45) is 7.35. The molecule has 1 aliphatic rings. The van der Waals surface area contributed by atoms with E-state index in [-0.39, 0.29) is 5.95 Å². The first-order valence-electron chi connectivity index (χ1n) is 5.97. The highest BCUT2D eigenvalue weighted by atomic mass is 15.3. The van der Waals surface area contributed by atoms with Crippen molar-refractivity contribution in [2.45, 2.75) is 25.8 Å². The molecule has 0 spiro atoms. The molecule has 3 N–H and O–H groups in total. The van der Waals surface area contributed by atoms with E-state index in [9.17, 15) is 0 Å². The predicted octanol–water partition coefficient (Wildman–Crippen LogP) is 0.850. The Morgan fingerprint density at radius 3 is 2.83 bits per heavy atom. The maximum atomic E-state index is 5.69. The van der Waals surface area contributed by atoms with E-state index in [0.717, 1.165) is 18.8 Å². The van der Waals surface area contributed by atoms with E-state index < -0.39 is 0 Å². The zero-order valence-corrected chi connectivity index (χ0v) is 10.1. The molecule has 0 aliphatic heterocycles. The van der Waals surface area contributed by atoms with Crippen molar-refractivity contribution in [3.8, 4) is 5.95 Å². The van der Waals surface area contributed by atoms with Gasteiger partial charge < -0.3 is 11.1 Å². The Morgan fingerprint density at radius 2 is 2.17 bits per heavy atom. The van der Waals surface area contributed by atoms with Crippen LogP contribution in [0, 0.1) is 5.92 Å². The minimum atomic E-state index is 0.212. The molecule has 7 nitrogen and oxygen atoms in total. The molecule has 3 rings (SSSR count). The van der Waals surface area contributed by atoms with E-state index in [2.05, 4.69) is 32.2 Å². The summed E-state index contributed by atoms with van der Waals surface area (Å²) < 4.78 is 1.70. The normalized spacial score (nSPS) is 22.5. The van der Waals surface area contributed by atoms with Crippen LogP contribution in [0.15, 0.2) is 18.7 Å². The van der Waals surface area contributed by atoms with Crippen LogP contribution in [0.5, 0.6) is 0 Å². The molecule has 0 radical (unpaired) electrons. The Bertz CT molecular complexity index is 530. The zero-order chi connectivity index (χ0) is 12.5. The standard InChI is InChI=1S/C11H15N7/c1-7-4-8(5-7)14-10-15-9(12)16-11(17-10)18-3-2-13-6-18/h2-3,6-8H,4-5H2,1H3,(H3,12,14,15,16,17). The Balaban J connectivity index is 1.82. The molecule has 2 heterocycles. The molecule has 0 bridgehead atoms. The van der Waals surface area contributed by atoms with Gasteiger partial charge in [-0.05, 0) is 18.8 Å². The number of rotatable bonds is 3. The lowest BCUT2D eigenvalue weighted by atomic mass is 9.82. The largest absolute Gasteiger partial charge is 0.368 e. The monoisotopic (exact) mass is 245 g/mol. The van der Waals surface area contributed by atoms with Gasteiger partial charge in [0.15, 0.2) is 0 Å². The summed E-state index contributed by atoms with van der Waals surface area (Å²) in [7, 11) is 0. The highest BCUT2D eigenvalue weighted by Gasteiger charge is 2.25. The lowest BCUT2D eigenvalue weighted by Gasteiger charge is -2.33. The Morgan fingerprint density at radius 1 is 1.33 bits per heavy atom. The third-order valence-electron chi connectivity index (χ3n) is 3.08. The summed E-state index contributed by atoms with van der Waals surface area (Å²) in [5.74, 6) is 2.00. The summed E-state index contributed by atoms with van der Waals surface area (Å²) >= 11 is 0. The quantitative estimate of drug-likeness (QED) is 0.832. The van der Waals surface area contributed by atoms with Gasteiger partial charge in [0.05, 0.1) is 0 Å². The van der Waals surface area contributed by atoms with Gasteiger partial charge in [-0.1, -0.05) is 6.92 Å². The first-order chi connectivity index (χ1) is 8.70. The third-order valence-corrected chi connectivity index (χ3v) is 3.08. The molecule has 0 saturated heterocycles. The minimum absolute atomic E-state index is 0.212. The molecule has 0 aromatic carbocycles. The van der Waals surface area contributed by atoms with E-state index in [1.807, 2.05) is 0 Å². The van der Waals surface area contributed by atoms with E-state index >= 15 is 0 Å². The second-order valence-electron chi connectivity index (χ2n) is 4.71. The van der Waals surface area contributed by atoms with Crippen LogP contribution >= 0.6 is 0 Å². The van der Waals surface area contributed by atoms with Gasteiger partial charge in [-0.25, -0.2) is 4.98 Å². The number of nitrogens with two attached hydrogens (primary N) is 1. The SMILES string of the molecule is CC1CC(Nc2nc(N)nc(-n3ccnc3)n2)C1. The van der Waals surface area contributed by atoms with E-state index in [1.54, 1.807) is 23.3 Å². The first-order valence-corrected chi connectivity index (χ1v) is 5.97. The molecule has 0 atom stereocenters. The molecule has 7 heteroatoms. The number of aromatic nitrogens is 5. The van der Waals surface area contributed by atoms with Gasteiger partial charge in [0, 0.05) is 18.4 Å². The second-order valence-corrected chi connectivity index (χ2v) is 4.71. The van der Waals surface area contributed by atoms with Crippen LogP contribution in [0.4, 0.5) is 11.9 Å². The van der Waals surface area contributed by atoms with E-state index in [4.69, 9.17) is 5.73 Å². The van der Waals surface area contributed by atoms with Gasteiger partial charge in [0.2, 0.25) is 17.8 Å². The summed E-state index contributed by atoms with van der Waals surface area (Å²) in [6, 6.07) is 0.442. The van der Waals surface area contributed by atoms with Crippen molar-refractivity contribution in [3.63, 3.8) is 0 Å². The molecule has 2 aromatic rings. The second kappa shape index (κ2) is 4.25. The fourth-order valence-electron chi connectivity index (χ4n) is 2.14. The number of nitrogens with zero attached hydrogens (tertiary/aromatic N) is 5. The summed E-state index contributed by atoms with van der Waals surface area (Å²) in [5.41, 5.74) is 5.69. The van der Waals surface area contributed by atoms with Crippen molar-refractivity contribution in [2.24, 2.45) is 5.92 Å². The molecule has 0 unspecified atom stereocenters. The highest BCUT2D eigenvalue weighted by Crippen LogP contribution is 2.28.